The van der Waals surface area contributed by atoms with Gasteiger partial charge in [-0.15, -0.1) is 5.10 Å². The second kappa shape index (κ2) is 15.2. The number of H-pyrrole nitrogens is 1. The molecule has 2 aromatic carbocycles. The van der Waals surface area contributed by atoms with Crippen LogP contribution >= 0.6 is 11.6 Å². The van der Waals surface area contributed by atoms with E-state index in [-0.39, 0.29) is 17.7 Å². The fraction of sp³-hybridized carbons (Fsp3) is 0.333. The van der Waals surface area contributed by atoms with Crippen LogP contribution in [0.25, 0.3) is 23.0 Å². The van der Waals surface area contributed by atoms with E-state index in [2.05, 4.69) is 47.5 Å². The number of likely N-dealkylation sites (tertiary alicyclic amines) is 1. The molecule has 1 saturated heterocycles. The highest BCUT2D eigenvalue weighted by molar-refractivity contribution is 6.30. The fourth-order valence-electron chi connectivity index (χ4n) is 5.89. The molecule has 2 atom stereocenters. The minimum atomic E-state index is -0.659. The second-order valence-electron chi connectivity index (χ2n) is 11.8. The van der Waals surface area contributed by atoms with E-state index in [9.17, 15) is 19.6 Å². The molecule has 0 radical (unpaired) electrons. The van der Waals surface area contributed by atoms with Gasteiger partial charge in [-0.2, -0.15) is 9.94 Å². The number of halogens is 1. The molecule has 1 fully saturated rings. The van der Waals surface area contributed by atoms with Crippen molar-refractivity contribution >= 4 is 47.0 Å². The van der Waals surface area contributed by atoms with Crippen molar-refractivity contribution in [2.24, 2.45) is 0 Å². The monoisotopic (exact) mass is 699 g/mol. The van der Waals surface area contributed by atoms with E-state index in [1.807, 2.05) is 0 Å². The summed E-state index contributed by atoms with van der Waals surface area (Å²) in [5, 5.41) is 31.0. The van der Waals surface area contributed by atoms with Crippen LogP contribution in [0, 0.1) is 11.3 Å². The average molecular weight is 700 g/mol. The molecule has 2 aliphatic heterocycles. The summed E-state index contributed by atoms with van der Waals surface area (Å²) in [4.78, 5) is 48.7. The van der Waals surface area contributed by atoms with Crippen molar-refractivity contribution < 1.29 is 23.9 Å². The first-order chi connectivity index (χ1) is 24.3. The van der Waals surface area contributed by atoms with Crippen LogP contribution in [0.15, 0.2) is 48.8 Å². The lowest BCUT2D eigenvalue weighted by molar-refractivity contribution is -0.144. The number of aromatic amines is 1. The van der Waals surface area contributed by atoms with Gasteiger partial charge in [-0.1, -0.05) is 24.4 Å². The minimum Gasteiger partial charge on any atom is -0.453 e. The maximum absolute atomic E-state index is 13.7. The number of rotatable bonds is 7. The third-order valence-corrected chi connectivity index (χ3v) is 8.79. The quantitative estimate of drug-likeness (QED) is 0.204. The van der Waals surface area contributed by atoms with Gasteiger partial charge in [0.2, 0.25) is 11.8 Å². The molecule has 2 aliphatic rings. The standard InChI is InChI=1S/C33H34ClN11O5/c1-49-22-16-44(17-22)32(47)25-6-4-3-5-24(39-29(46)12-7-19-13-20(34)8-11-28(19)45-18-36-42-43-45)31-40-27(15-35)30(41-31)23-10-9-21(14-26(23)38-25)37-33(48)50-2/h7-14,18,22,24-25,38H,3-6,16-17H2,1-2H3,(H,37,48)(H,39,46)(H,40,41)/b12-7+/t24-,25+/m0/s1. The highest BCUT2D eigenvalue weighted by Gasteiger charge is 2.35. The highest BCUT2D eigenvalue weighted by Crippen LogP contribution is 2.35. The predicted molar refractivity (Wildman–Crippen MR) is 182 cm³/mol. The van der Waals surface area contributed by atoms with Gasteiger partial charge in [-0.05, 0) is 65.7 Å². The van der Waals surface area contributed by atoms with Crippen molar-refractivity contribution in [1.29, 1.82) is 5.26 Å². The number of carbonyl (C=O) groups excluding carboxylic acids is 3. The van der Waals surface area contributed by atoms with Crippen LogP contribution < -0.4 is 16.0 Å². The molecule has 16 nitrogen and oxygen atoms in total. The predicted octanol–water partition coefficient (Wildman–Crippen LogP) is 3.84. The third-order valence-electron chi connectivity index (χ3n) is 8.55. The number of anilines is 2. The number of benzene rings is 2. The Kier molecular flexibility index (Phi) is 10.4. The zero-order valence-corrected chi connectivity index (χ0v) is 28.0. The van der Waals surface area contributed by atoms with E-state index < -0.39 is 24.1 Å². The van der Waals surface area contributed by atoms with E-state index in [1.165, 1.54) is 24.2 Å². The summed E-state index contributed by atoms with van der Waals surface area (Å²) in [5.74, 6) is -0.0895. The topological polar surface area (TPSA) is 205 Å². The molecule has 50 heavy (non-hydrogen) atoms. The number of imidazole rings is 1. The molecule has 4 aromatic rings. The molecule has 4 N–H and O–H groups in total. The summed E-state index contributed by atoms with van der Waals surface area (Å²) in [5.41, 5.74) is 3.20. The Bertz CT molecular complexity index is 1950. The lowest BCUT2D eigenvalue weighted by atomic mass is 10.00. The molecular weight excluding hydrogens is 666 g/mol. The Labute approximate surface area is 291 Å². The summed E-state index contributed by atoms with van der Waals surface area (Å²) < 4.78 is 11.6. The number of carbonyl (C=O) groups is 3. The fourth-order valence-corrected chi connectivity index (χ4v) is 6.07. The number of methoxy groups -OCH3 is 2. The number of nitrogens with zero attached hydrogens (tertiary/aromatic N) is 7. The average Bonchev–Trinajstić information content (AvgIpc) is 3.78. The molecular formula is C33H34ClN11O5. The van der Waals surface area contributed by atoms with Gasteiger partial charge in [0.15, 0.2) is 5.69 Å². The molecule has 0 aliphatic carbocycles. The van der Waals surface area contributed by atoms with E-state index >= 15 is 0 Å². The molecule has 0 spiro atoms. The van der Waals surface area contributed by atoms with Gasteiger partial charge in [-0.25, -0.2) is 9.78 Å². The Morgan fingerprint density at radius 1 is 1.12 bits per heavy atom. The van der Waals surface area contributed by atoms with E-state index in [0.717, 1.165) is 0 Å². The van der Waals surface area contributed by atoms with Crippen molar-refractivity contribution in [3.05, 3.63) is 70.9 Å². The summed E-state index contributed by atoms with van der Waals surface area (Å²) in [6.07, 6.45) is 6.00. The van der Waals surface area contributed by atoms with Crippen LogP contribution in [-0.2, 0) is 19.1 Å². The Morgan fingerprint density at radius 2 is 1.94 bits per heavy atom. The van der Waals surface area contributed by atoms with E-state index in [4.69, 9.17) is 21.1 Å². The SMILES string of the molecule is COC(=O)Nc1ccc2c(c1)N[C@@H](C(=O)N1CC(OC)C1)CCCC[C@H](NC(=O)/C=C/c1cc(Cl)ccc1-n1cnnn1)c1nc(C#N)c-2[nH]1. The van der Waals surface area contributed by atoms with Crippen LogP contribution in [0.4, 0.5) is 16.2 Å². The molecule has 0 unspecified atom stereocenters. The summed E-state index contributed by atoms with van der Waals surface area (Å²) in [7, 11) is 2.88. The number of nitrogens with one attached hydrogen (secondary N) is 4. The number of aromatic nitrogens is 6. The van der Waals surface area contributed by atoms with Gasteiger partial charge >= 0.3 is 6.09 Å². The number of nitriles is 1. The molecule has 258 valence electrons. The largest absolute Gasteiger partial charge is 0.453 e. The van der Waals surface area contributed by atoms with Gasteiger partial charge in [0.1, 0.15) is 24.3 Å². The molecule has 3 amide bonds. The number of hydrogen-bond acceptors (Lipinski definition) is 11. The number of amides is 3. The third kappa shape index (κ3) is 7.59. The smallest absolute Gasteiger partial charge is 0.411 e. The van der Waals surface area contributed by atoms with Crippen LogP contribution in [0.3, 0.4) is 0 Å². The Hall–Kier alpha value is -5.79. The van der Waals surface area contributed by atoms with E-state index in [1.54, 1.807) is 54.5 Å². The van der Waals surface area contributed by atoms with Crippen LogP contribution in [-0.4, -0.2) is 92.4 Å². The maximum Gasteiger partial charge on any atom is 0.411 e. The summed E-state index contributed by atoms with van der Waals surface area (Å²) in [6.45, 7) is 0.974. The molecule has 6 rings (SSSR count). The van der Waals surface area contributed by atoms with Gasteiger partial charge in [-0.3, -0.25) is 14.9 Å². The van der Waals surface area contributed by atoms with Gasteiger partial charge < -0.3 is 30.0 Å². The zero-order chi connectivity index (χ0) is 35.2. The van der Waals surface area contributed by atoms with Crippen molar-refractivity contribution in [3.63, 3.8) is 0 Å². The molecule has 2 bridgehead atoms. The first kappa shape index (κ1) is 34.1. The van der Waals surface area contributed by atoms with Crippen LogP contribution in [0.2, 0.25) is 5.02 Å². The summed E-state index contributed by atoms with van der Waals surface area (Å²) in [6, 6.07) is 11.1. The van der Waals surface area contributed by atoms with Crippen molar-refractivity contribution in [2.75, 3.05) is 37.9 Å². The second-order valence-corrected chi connectivity index (χ2v) is 12.2. The lowest BCUT2D eigenvalue weighted by Crippen LogP contribution is -2.58. The first-order valence-corrected chi connectivity index (χ1v) is 16.2. The molecule has 2 aromatic heterocycles. The van der Waals surface area contributed by atoms with Crippen molar-refractivity contribution in [1.82, 2.24) is 40.4 Å². The summed E-state index contributed by atoms with van der Waals surface area (Å²) >= 11 is 6.24. The molecule has 17 heteroatoms. The highest BCUT2D eigenvalue weighted by atomic mass is 35.5. The minimum absolute atomic E-state index is 0.0154. The van der Waals surface area contributed by atoms with Crippen LogP contribution in [0.5, 0.6) is 0 Å². The van der Waals surface area contributed by atoms with Crippen molar-refractivity contribution in [3.8, 4) is 23.0 Å². The number of ether oxygens (including phenoxy) is 2. The Morgan fingerprint density at radius 3 is 2.68 bits per heavy atom. The van der Waals surface area contributed by atoms with E-state index in [0.29, 0.717) is 83.5 Å². The lowest BCUT2D eigenvalue weighted by Gasteiger charge is -2.40. The first-order valence-electron chi connectivity index (χ1n) is 15.8. The van der Waals surface area contributed by atoms with Gasteiger partial charge in [0, 0.05) is 53.8 Å². The normalized spacial score (nSPS) is 17.7. The van der Waals surface area contributed by atoms with Crippen molar-refractivity contribution in [2.45, 2.75) is 43.9 Å². The number of hydrogen-bond donors (Lipinski definition) is 4. The molecule has 4 heterocycles. The van der Waals surface area contributed by atoms with Gasteiger partial charge in [0.05, 0.1) is 30.6 Å². The number of tetrazole rings is 1. The molecule has 0 saturated carbocycles. The number of fused-ring (bicyclic) bond motifs is 4. The Balaban J connectivity index is 1.31. The van der Waals surface area contributed by atoms with Crippen LogP contribution in [0.1, 0.15) is 48.8 Å². The zero-order valence-electron chi connectivity index (χ0n) is 27.2. The maximum atomic E-state index is 13.7. The van der Waals surface area contributed by atoms with Gasteiger partial charge in [0.25, 0.3) is 0 Å².